The molecule has 1 aromatic heterocycles. The minimum absolute atomic E-state index is 0. The van der Waals surface area contributed by atoms with Crippen LogP contribution in [-0.2, 0) is 0 Å². The van der Waals surface area contributed by atoms with Gasteiger partial charge in [0.15, 0.2) is 5.16 Å². The Labute approximate surface area is 123 Å². The predicted molar refractivity (Wildman–Crippen MR) is 79.9 cm³/mol. The minimum atomic E-state index is 0. The molecule has 18 heavy (non-hydrogen) atoms. The van der Waals surface area contributed by atoms with E-state index in [0.29, 0.717) is 16.4 Å². The first-order chi connectivity index (χ1) is 8.19. The summed E-state index contributed by atoms with van der Waals surface area (Å²) in [7, 11) is 0. The SMILES string of the molecule is CSc1nc(Cl)cc(NC2CCCCC2N)n1.Cl. The summed E-state index contributed by atoms with van der Waals surface area (Å²) in [6, 6.07) is 2.25. The van der Waals surface area contributed by atoms with E-state index in [4.69, 9.17) is 17.3 Å². The molecule has 0 spiro atoms. The highest BCUT2D eigenvalue weighted by atomic mass is 35.5. The molecule has 1 fully saturated rings. The maximum absolute atomic E-state index is 6.09. The molecule has 1 saturated carbocycles. The Bertz CT molecular complexity index is 391. The number of hydrogen-bond donors (Lipinski definition) is 2. The van der Waals surface area contributed by atoms with Gasteiger partial charge in [0.05, 0.1) is 0 Å². The number of thioether (sulfide) groups is 1. The van der Waals surface area contributed by atoms with Crippen LogP contribution in [0.2, 0.25) is 5.15 Å². The van der Waals surface area contributed by atoms with Crippen molar-refractivity contribution in [2.45, 2.75) is 42.9 Å². The molecule has 7 heteroatoms. The van der Waals surface area contributed by atoms with Crippen molar-refractivity contribution in [3.8, 4) is 0 Å². The van der Waals surface area contributed by atoms with E-state index in [0.717, 1.165) is 18.7 Å². The molecule has 0 amide bonds. The largest absolute Gasteiger partial charge is 0.366 e. The van der Waals surface area contributed by atoms with E-state index in [2.05, 4.69) is 15.3 Å². The summed E-state index contributed by atoms with van der Waals surface area (Å²) in [5.41, 5.74) is 6.09. The zero-order valence-corrected chi connectivity index (χ0v) is 12.6. The summed E-state index contributed by atoms with van der Waals surface area (Å²) in [6.45, 7) is 0. The summed E-state index contributed by atoms with van der Waals surface area (Å²) in [5.74, 6) is 0.775. The van der Waals surface area contributed by atoms with Crippen LogP contribution in [-0.4, -0.2) is 28.3 Å². The first-order valence-corrected chi connectivity index (χ1v) is 7.40. The molecule has 3 N–H and O–H groups in total. The van der Waals surface area contributed by atoms with Gasteiger partial charge in [-0.1, -0.05) is 36.2 Å². The fourth-order valence-electron chi connectivity index (χ4n) is 2.09. The predicted octanol–water partition coefficient (Wildman–Crippen LogP) is 2.96. The van der Waals surface area contributed by atoms with Crippen LogP contribution >= 0.6 is 35.8 Å². The number of nitrogens with zero attached hydrogens (tertiary/aromatic N) is 2. The van der Waals surface area contributed by atoms with Crippen molar-refractivity contribution in [1.29, 1.82) is 0 Å². The standard InChI is InChI=1S/C11H17ClN4S.ClH/c1-17-11-15-9(12)6-10(16-11)14-8-5-3-2-4-7(8)13;/h6-8H,2-5,13H2,1H3,(H,14,15,16);1H. The number of nitrogens with two attached hydrogens (primary N) is 1. The van der Waals surface area contributed by atoms with Crippen molar-refractivity contribution in [3.63, 3.8) is 0 Å². The number of rotatable bonds is 3. The molecule has 2 rings (SSSR count). The normalized spacial score (nSPS) is 23.3. The first-order valence-electron chi connectivity index (χ1n) is 5.79. The van der Waals surface area contributed by atoms with Gasteiger partial charge in [-0.15, -0.1) is 12.4 Å². The van der Waals surface area contributed by atoms with Gasteiger partial charge in [0, 0.05) is 18.2 Å². The van der Waals surface area contributed by atoms with Crippen LogP contribution in [0.3, 0.4) is 0 Å². The number of anilines is 1. The summed E-state index contributed by atoms with van der Waals surface area (Å²) in [4.78, 5) is 8.49. The van der Waals surface area contributed by atoms with Crippen LogP contribution in [0.4, 0.5) is 5.82 Å². The molecular weight excluding hydrogens is 291 g/mol. The van der Waals surface area contributed by atoms with Gasteiger partial charge in [-0.3, -0.25) is 0 Å². The van der Waals surface area contributed by atoms with E-state index >= 15 is 0 Å². The van der Waals surface area contributed by atoms with Crippen LogP contribution in [0.1, 0.15) is 25.7 Å². The van der Waals surface area contributed by atoms with Crippen LogP contribution in [0, 0.1) is 0 Å². The highest BCUT2D eigenvalue weighted by Crippen LogP contribution is 2.22. The van der Waals surface area contributed by atoms with Gasteiger partial charge in [-0.05, 0) is 19.1 Å². The molecule has 0 aliphatic heterocycles. The maximum atomic E-state index is 6.09. The fourth-order valence-corrected chi connectivity index (χ4v) is 2.70. The Hall–Kier alpha value is -0.230. The van der Waals surface area contributed by atoms with Gasteiger partial charge in [-0.25, -0.2) is 9.97 Å². The van der Waals surface area contributed by atoms with Gasteiger partial charge >= 0.3 is 0 Å². The van der Waals surface area contributed by atoms with E-state index in [-0.39, 0.29) is 18.4 Å². The second kappa shape index (κ2) is 7.38. The lowest BCUT2D eigenvalue weighted by molar-refractivity contribution is 0.403. The Balaban J connectivity index is 0.00000162. The highest BCUT2D eigenvalue weighted by molar-refractivity contribution is 7.98. The van der Waals surface area contributed by atoms with Crippen LogP contribution in [0.5, 0.6) is 0 Å². The van der Waals surface area contributed by atoms with Crippen LogP contribution < -0.4 is 11.1 Å². The number of aromatic nitrogens is 2. The van der Waals surface area contributed by atoms with Gasteiger partial charge < -0.3 is 11.1 Å². The van der Waals surface area contributed by atoms with Crippen molar-refractivity contribution >= 4 is 41.6 Å². The van der Waals surface area contributed by atoms with Crippen molar-refractivity contribution < 1.29 is 0 Å². The molecule has 0 bridgehead atoms. The molecule has 0 saturated heterocycles. The lowest BCUT2D eigenvalue weighted by Crippen LogP contribution is -2.42. The molecule has 0 aromatic carbocycles. The third-order valence-corrected chi connectivity index (χ3v) is 3.75. The van der Waals surface area contributed by atoms with Gasteiger partial charge in [0.1, 0.15) is 11.0 Å². The lowest BCUT2D eigenvalue weighted by atomic mass is 9.91. The van der Waals surface area contributed by atoms with Gasteiger partial charge in [0.25, 0.3) is 0 Å². The summed E-state index contributed by atoms with van der Waals surface area (Å²) in [6.07, 6.45) is 6.55. The average Bonchev–Trinajstić information content (AvgIpc) is 2.31. The van der Waals surface area contributed by atoms with Crippen LogP contribution in [0.15, 0.2) is 11.2 Å². The quantitative estimate of drug-likeness (QED) is 0.510. The number of nitrogens with one attached hydrogen (secondary N) is 1. The lowest BCUT2D eigenvalue weighted by Gasteiger charge is -2.29. The smallest absolute Gasteiger partial charge is 0.190 e. The third kappa shape index (κ3) is 4.16. The van der Waals surface area contributed by atoms with Gasteiger partial charge in [0.2, 0.25) is 0 Å². The Morgan fingerprint density at radius 3 is 2.78 bits per heavy atom. The number of halogens is 2. The van der Waals surface area contributed by atoms with Crippen molar-refractivity contribution in [2.24, 2.45) is 5.73 Å². The molecule has 102 valence electrons. The Kier molecular flexibility index (Phi) is 6.49. The van der Waals surface area contributed by atoms with E-state index in [9.17, 15) is 0 Å². The van der Waals surface area contributed by atoms with Crippen LogP contribution in [0.25, 0.3) is 0 Å². The minimum Gasteiger partial charge on any atom is -0.366 e. The van der Waals surface area contributed by atoms with E-state index in [1.54, 1.807) is 6.07 Å². The van der Waals surface area contributed by atoms with E-state index in [1.165, 1.54) is 24.6 Å². The summed E-state index contributed by atoms with van der Waals surface area (Å²) < 4.78 is 0. The summed E-state index contributed by atoms with van der Waals surface area (Å²) in [5, 5.41) is 4.53. The van der Waals surface area contributed by atoms with Gasteiger partial charge in [-0.2, -0.15) is 0 Å². The Morgan fingerprint density at radius 1 is 1.39 bits per heavy atom. The summed E-state index contributed by atoms with van der Waals surface area (Å²) >= 11 is 7.43. The fraction of sp³-hybridized carbons (Fsp3) is 0.636. The maximum Gasteiger partial charge on any atom is 0.190 e. The molecule has 1 aliphatic rings. The second-order valence-corrected chi connectivity index (χ2v) is 5.42. The molecule has 2 atom stereocenters. The molecule has 2 unspecified atom stereocenters. The van der Waals surface area contributed by atoms with Crippen molar-refractivity contribution in [1.82, 2.24) is 9.97 Å². The number of hydrogen-bond acceptors (Lipinski definition) is 5. The van der Waals surface area contributed by atoms with Crippen molar-refractivity contribution in [3.05, 3.63) is 11.2 Å². The molecule has 1 aromatic rings. The molecule has 1 heterocycles. The molecular formula is C11H18Cl2N4S. The highest BCUT2D eigenvalue weighted by Gasteiger charge is 2.22. The third-order valence-electron chi connectivity index (χ3n) is 3.01. The topological polar surface area (TPSA) is 63.8 Å². The molecule has 4 nitrogen and oxygen atoms in total. The Morgan fingerprint density at radius 2 is 2.11 bits per heavy atom. The zero-order chi connectivity index (χ0) is 12.3. The zero-order valence-electron chi connectivity index (χ0n) is 10.2. The first kappa shape index (κ1) is 15.8. The van der Waals surface area contributed by atoms with Crippen molar-refractivity contribution in [2.75, 3.05) is 11.6 Å². The van der Waals surface area contributed by atoms with E-state index < -0.39 is 0 Å². The molecule has 0 radical (unpaired) electrons. The second-order valence-electron chi connectivity index (χ2n) is 4.26. The average molecular weight is 309 g/mol. The van der Waals surface area contributed by atoms with E-state index in [1.807, 2.05) is 6.26 Å². The monoisotopic (exact) mass is 308 g/mol. The molecule has 1 aliphatic carbocycles.